The highest BCUT2D eigenvalue weighted by Crippen LogP contribution is 1.91. The number of aliphatic hydroxyl groups is 1. The summed E-state index contributed by atoms with van der Waals surface area (Å²) in [6.07, 6.45) is 3.60. The summed E-state index contributed by atoms with van der Waals surface area (Å²) in [5, 5.41) is 14.8. The second-order valence-electron chi connectivity index (χ2n) is 3.77. The largest absolute Gasteiger partial charge is 0.381 e. The lowest BCUT2D eigenvalue weighted by Gasteiger charge is -2.10. The van der Waals surface area contributed by atoms with Crippen molar-refractivity contribution in [3.05, 3.63) is 0 Å². The fourth-order valence-corrected chi connectivity index (χ4v) is 1.18. The van der Waals surface area contributed by atoms with Gasteiger partial charge in [-0.1, -0.05) is 6.42 Å². The van der Waals surface area contributed by atoms with Gasteiger partial charge in [0, 0.05) is 13.1 Å². The zero-order chi connectivity index (χ0) is 10.6. The van der Waals surface area contributed by atoms with Gasteiger partial charge in [-0.25, -0.2) is 0 Å². The summed E-state index contributed by atoms with van der Waals surface area (Å²) in [7, 11) is 4.17. The van der Waals surface area contributed by atoms with Gasteiger partial charge in [-0.3, -0.25) is 5.32 Å². The van der Waals surface area contributed by atoms with E-state index in [1.807, 2.05) is 0 Å². The summed E-state index contributed by atoms with van der Waals surface area (Å²) >= 11 is 0. The minimum absolute atomic E-state index is 0.0983. The third kappa shape index (κ3) is 11.8. The van der Waals surface area contributed by atoms with E-state index in [4.69, 9.17) is 5.11 Å². The van der Waals surface area contributed by atoms with Gasteiger partial charge >= 0.3 is 0 Å². The normalized spacial score (nSPS) is 11.1. The van der Waals surface area contributed by atoms with Crippen LogP contribution in [0.1, 0.15) is 19.3 Å². The third-order valence-corrected chi connectivity index (χ3v) is 2.05. The maximum atomic E-state index is 8.46. The van der Waals surface area contributed by atoms with Gasteiger partial charge in [0.25, 0.3) is 0 Å². The number of unbranched alkanes of at least 4 members (excludes halogenated alkanes) is 2. The van der Waals surface area contributed by atoms with Crippen molar-refractivity contribution in [1.29, 1.82) is 0 Å². The minimum Gasteiger partial charge on any atom is -0.381 e. The molecule has 0 atom stereocenters. The maximum Gasteiger partial charge on any atom is 0.0931 e. The lowest BCUT2D eigenvalue weighted by molar-refractivity contribution is 0.260. The smallest absolute Gasteiger partial charge is 0.0931 e. The van der Waals surface area contributed by atoms with Crippen molar-refractivity contribution in [2.45, 2.75) is 19.3 Å². The molecule has 0 unspecified atom stereocenters. The van der Waals surface area contributed by atoms with Crippen LogP contribution in [0.2, 0.25) is 0 Å². The van der Waals surface area contributed by atoms with Crippen LogP contribution in [0, 0.1) is 0 Å². The Kier molecular flexibility index (Phi) is 10.8. The van der Waals surface area contributed by atoms with Crippen molar-refractivity contribution in [3.8, 4) is 0 Å². The highest BCUT2D eigenvalue weighted by atomic mass is 16.3. The second-order valence-corrected chi connectivity index (χ2v) is 3.77. The average molecular weight is 203 g/mol. The van der Waals surface area contributed by atoms with Crippen molar-refractivity contribution in [3.63, 3.8) is 0 Å². The average Bonchev–Trinajstić information content (AvgIpc) is 2.15. The first kappa shape index (κ1) is 13.8. The van der Waals surface area contributed by atoms with Crippen LogP contribution in [-0.4, -0.2) is 57.0 Å². The van der Waals surface area contributed by atoms with E-state index < -0.39 is 0 Å². The highest BCUT2D eigenvalue weighted by Gasteiger charge is 1.91. The maximum absolute atomic E-state index is 8.46. The molecule has 0 saturated carbocycles. The zero-order valence-corrected chi connectivity index (χ0v) is 9.55. The van der Waals surface area contributed by atoms with Gasteiger partial charge in [-0.05, 0) is 40.0 Å². The number of nitrogens with zero attached hydrogens (tertiary/aromatic N) is 1. The molecule has 0 bridgehead atoms. The molecular weight excluding hydrogens is 178 g/mol. The summed E-state index contributed by atoms with van der Waals surface area (Å²) < 4.78 is 0. The fourth-order valence-electron chi connectivity index (χ4n) is 1.18. The number of hydrogen-bond acceptors (Lipinski definition) is 4. The molecule has 14 heavy (non-hydrogen) atoms. The Morgan fingerprint density at radius 3 is 2.14 bits per heavy atom. The summed E-state index contributed by atoms with van der Waals surface area (Å²) in [6.45, 7) is 4.30. The molecule has 86 valence electrons. The van der Waals surface area contributed by atoms with Gasteiger partial charge in [-0.2, -0.15) is 0 Å². The Labute approximate surface area is 87.7 Å². The third-order valence-electron chi connectivity index (χ3n) is 2.05. The van der Waals surface area contributed by atoms with Gasteiger partial charge in [0.1, 0.15) is 0 Å². The van der Waals surface area contributed by atoms with Gasteiger partial charge < -0.3 is 15.3 Å². The molecule has 0 fully saturated rings. The molecule has 0 aromatic rings. The van der Waals surface area contributed by atoms with Crippen LogP contribution < -0.4 is 10.6 Å². The monoisotopic (exact) mass is 203 g/mol. The van der Waals surface area contributed by atoms with E-state index in [1.165, 1.54) is 12.8 Å². The predicted molar refractivity (Wildman–Crippen MR) is 60.4 cm³/mol. The van der Waals surface area contributed by atoms with Crippen LogP contribution in [0.4, 0.5) is 0 Å². The predicted octanol–water partition coefficient (Wildman–Crippen LogP) is -0.153. The Balaban J connectivity index is 2.85. The van der Waals surface area contributed by atoms with Gasteiger partial charge in [0.2, 0.25) is 0 Å². The molecule has 0 aliphatic rings. The Bertz CT molecular complexity index is 110. The molecule has 0 amide bonds. The lowest BCUT2D eigenvalue weighted by atomic mass is 10.2. The van der Waals surface area contributed by atoms with E-state index in [2.05, 4.69) is 29.6 Å². The van der Waals surface area contributed by atoms with Crippen molar-refractivity contribution in [2.24, 2.45) is 0 Å². The van der Waals surface area contributed by atoms with Crippen LogP contribution in [0.15, 0.2) is 0 Å². The molecule has 0 aromatic heterocycles. The summed E-state index contributed by atoms with van der Waals surface area (Å²) in [4.78, 5) is 2.18. The van der Waals surface area contributed by atoms with Gasteiger partial charge in [-0.15, -0.1) is 0 Å². The van der Waals surface area contributed by atoms with E-state index in [-0.39, 0.29) is 6.73 Å². The molecule has 0 aliphatic carbocycles. The van der Waals surface area contributed by atoms with Crippen molar-refractivity contribution < 1.29 is 5.11 Å². The van der Waals surface area contributed by atoms with E-state index in [9.17, 15) is 0 Å². The first-order valence-corrected chi connectivity index (χ1v) is 5.44. The molecule has 0 saturated heterocycles. The van der Waals surface area contributed by atoms with E-state index >= 15 is 0 Å². The summed E-state index contributed by atoms with van der Waals surface area (Å²) in [6, 6.07) is 0. The Morgan fingerprint density at radius 1 is 0.929 bits per heavy atom. The van der Waals surface area contributed by atoms with Crippen molar-refractivity contribution in [2.75, 3.05) is 47.0 Å². The van der Waals surface area contributed by atoms with Crippen LogP contribution >= 0.6 is 0 Å². The molecule has 0 aliphatic heterocycles. The molecule has 0 rings (SSSR count). The van der Waals surface area contributed by atoms with Crippen LogP contribution in [-0.2, 0) is 0 Å². The van der Waals surface area contributed by atoms with Crippen LogP contribution in [0.5, 0.6) is 0 Å². The fraction of sp³-hybridized carbons (Fsp3) is 1.00. The topological polar surface area (TPSA) is 47.5 Å². The standard InChI is InChI=1S/C10H25N3O/c1-13(2)9-8-11-6-4-3-5-7-12-10-14/h11-12,14H,3-10H2,1-2H3. The Hall–Kier alpha value is -0.160. The molecular formula is C10H25N3O. The first-order valence-electron chi connectivity index (χ1n) is 5.44. The molecule has 0 heterocycles. The zero-order valence-electron chi connectivity index (χ0n) is 9.55. The van der Waals surface area contributed by atoms with Crippen LogP contribution in [0.25, 0.3) is 0 Å². The Morgan fingerprint density at radius 2 is 1.57 bits per heavy atom. The minimum atomic E-state index is 0.0983. The molecule has 0 radical (unpaired) electrons. The molecule has 4 nitrogen and oxygen atoms in total. The molecule has 4 heteroatoms. The quantitative estimate of drug-likeness (QED) is 0.341. The van der Waals surface area contributed by atoms with E-state index in [1.54, 1.807) is 0 Å². The summed E-state index contributed by atoms with van der Waals surface area (Å²) in [5.41, 5.74) is 0. The summed E-state index contributed by atoms with van der Waals surface area (Å²) in [5.74, 6) is 0. The van der Waals surface area contributed by atoms with Crippen molar-refractivity contribution in [1.82, 2.24) is 15.5 Å². The number of nitrogens with one attached hydrogen (secondary N) is 2. The van der Waals surface area contributed by atoms with E-state index in [0.717, 1.165) is 32.6 Å². The molecule has 3 N–H and O–H groups in total. The molecule has 0 spiro atoms. The highest BCUT2D eigenvalue weighted by molar-refractivity contribution is 4.52. The van der Waals surface area contributed by atoms with E-state index in [0.29, 0.717) is 0 Å². The number of hydrogen-bond donors (Lipinski definition) is 3. The lowest BCUT2D eigenvalue weighted by Crippen LogP contribution is -2.27. The van der Waals surface area contributed by atoms with Gasteiger partial charge in [0.05, 0.1) is 6.73 Å². The second kappa shape index (κ2) is 10.9. The van der Waals surface area contributed by atoms with Crippen molar-refractivity contribution >= 4 is 0 Å². The number of aliphatic hydroxyl groups excluding tert-OH is 1. The molecule has 0 aromatic carbocycles. The first-order chi connectivity index (χ1) is 6.77. The van der Waals surface area contributed by atoms with Crippen LogP contribution in [0.3, 0.4) is 0 Å². The SMILES string of the molecule is CN(C)CCNCCCCCNCO. The number of rotatable bonds is 10. The number of likely N-dealkylation sites (N-methyl/N-ethyl adjacent to an activating group) is 1. The van der Waals surface area contributed by atoms with Gasteiger partial charge in [0.15, 0.2) is 0 Å².